The monoisotopic (exact) mass is 472 g/mol. The number of rotatable bonds is 28. The third-order valence-corrected chi connectivity index (χ3v) is 6.11. The van der Waals surface area contributed by atoms with Gasteiger partial charge in [0, 0.05) is 0 Å². The van der Waals surface area contributed by atoms with Crippen molar-refractivity contribution in [2.24, 2.45) is 0 Å². The Morgan fingerprint density at radius 3 is 0.727 bits per heavy atom. The van der Waals surface area contributed by atoms with Crippen LogP contribution in [-0.4, -0.2) is 32.6 Å². The highest BCUT2D eigenvalue weighted by molar-refractivity contribution is 4.52. The lowest BCUT2D eigenvalue weighted by molar-refractivity contribution is -0.499. The molecule has 0 heterocycles. The minimum Gasteiger partial charge on any atom is -0.303 e. The van der Waals surface area contributed by atoms with Crippen molar-refractivity contribution >= 4 is 0 Å². The zero-order valence-corrected chi connectivity index (χ0v) is 23.1. The lowest BCUT2D eigenvalue weighted by Gasteiger charge is -2.32. The van der Waals surface area contributed by atoms with Gasteiger partial charge in [-0.3, -0.25) is 0 Å². The second kappa shape index (κ2) is 26.4. The molecule has 200 valence electrons. The van der Waals surface area contributed by atoms with Crippen molar-refractivity contribution in [3.8, 4) is 0 Å². The summed E-state index contributed by atoms with van der Waals surface area (Å²) in [6.45, 7) is 11.5. The van der Waals surface area contributed by atoms with Gasteiger partial charge < -0.3 is 18.9 Å². The molecule has 0 spiro atoms. The summed E-state index contributed by atoms with van der Waals surface area (Å²) in [6.07, 6.45) is 22.8. The molecule has 0 atom stereocenters. The SMILES string of the molecule is CCCCCCCOC(OCCCCCCC)(OCCCCCCC)OCCCCCCC. The molecule has 0 aromatic heterocycles. The summed E-state index contributed by atoms with van der Waals surface area (Å²) >= 11 is 0. The van der Waals surface area contributed by atoms with Crippen LogP contribution in [0.2, 0.25) is 0 Å². The summed E-state index contributed by atoms with van der Waals surface area (Å²) in [5, 5.41) is 0. The van der Waals surface area contributed by atoms with Gasteiger partial charge in [0.25, 0.3) is 0 Å². The Balaban J connectivity index is 4.74. The largest absolute Gasteiger partial charge is 0.412 e. The van der Waals surface area contributed by atoms with E-state index in [9.17, 15) is 0 Å². The van der Waals surface area contributed by atoms with Gasteiger partial charge in [-0.25, -0.2) is 0 Å². The van der Waals surface area contributed by atoms with Gasteiger partial charge in [-0.15, -0.1) is 0 Å². The van der Waals surface area contributed by atoms with E-state index in [4.69, 9.17) is 18.9 Å². The van der Waals surface area contributed by atoms with E-state index in [2.05, 4.69) is 27.7 Å². The van der Waals surface area contributed by atoms with E-state index in [-0.39, 0.29) is 0 Å². The van der Waals surface area contributed by atoms with Crippen molar-refractivity contribution in [1.82, 2.24) is 0 Å². The highest BCUT2D eigenvalue weighted by Gasteiger charge is 2.35. The van der Waals surface area contributed by atoms with Gasteiger partial charge in [-0.1, -0.05) is 130 Å². The molecular formula is C29H60O4. The maximum atomic E-state index is 6.23. The van der Waals surface area contributed by atoms with Gasteiger partial charge in [0.2, 0.25) is 0 Å². The van der Waals surface area contributed by atoms with Gasteiger partial charge in [0.15, 0.2) is 0 Å². The van der Waals surface area contributed by atoms with Crippen LogP contribution < -0.4 is 0 Å². The summed E-state index contributed by atoms with van der Waals surface area (Å²) in [7, 11) is 0. The summed E-state index contributed by atoms with van der Waals surface area (Å²) in [5.41, 5.74) is 0. The Kier molecular flexibility index (Phi) is 26.3. The minimum atomic E-state index is -1.31. The van der Waals surface area contributed by atoms with Crippen LogP contribution in [0.3, 0.4) is 0 Å². The van der Waals surface area contributed by atoms with Crippen LogP contribution in [0, 0.1) is 0 Å². The lowest BCUT2D eigenvalue weighted by Crippen LogP contribution is -2.43. The van der Waals surface area contributed by atoms with Crippen LogP contribution in [-0.2, 0) is 18.9 Å². The molecule has 0 saturated heterocycles. The Hall–Kier alpha value is -0.160. The van der Waals surface area contributed by atoms with Crippen LogP contribution in [0.15, 0.2) is 0 Å². The van der Waals surface area contributed by atoms with E-state index in [1.54, 1.807) is 0 Å². The number of unbranched alkanes of at least 4 members (excludes halogenated alkanes) is 16. The molecule has 0 aromatic rings. The van der Waals surface area contributed by atoms with E-state index >= 15 is 0 Å². The van der Waals surface area contributed by atoms with Crippen molar-refractivity contribution in [2.45, 2.75) is 162 Å². The van der Waals surface area contributed by atoms with Crippen molar-refractivity contribution in [3.63, 3.8) is 0 Å². The zero-order valence-electron chi connectivity index (χ0n) is 23.1. The molecule has 0 fully saturated rings. The van der Waals surface area contributed by atoms with Crippen molar-refractivity contribution < 1.29 is 18.9 Å². The smallest absolute Gasteiger partial charge is 0.303 e. The highest BCUT2D eigenvalue weighted by Crippen LogP contribution is 2.22. The lowest BCUT2D eigenvalue weighted by atomic mass is 10.2. The molecule has 0 amide bonds. The molecule has 4 nitrogen and oxygen atoms in total. The molecule has 0 N–H and O–H groups in total. The minimum absolute atomic E-state index is 0.630. The molecule has 0 unspecified atom stereocenters. The third kappa shape index (κ3) is 22.1. The van der Waals surface area contributed by atoms with Crippen LogP contribution in [0.5, 0.6) is 0 Å². The Morgan fingerprint density at radius 1 is 0.303 bits per heavy atom. The van der Waals surface area contributed by atoms with Gasteiger partial charge in [0.05, 0.1) is 26.4 Å². The standard InChI is InChI=1S/C29H60O4/c1-5-9-13-17-21-25-30-29(31-26-22-18-14-10-6-2,32-27-23-19-15-11-7-3)33-28-24-20-16-12-8-4/h5-28H2,1-4H3. The first-order valence-corrected chi connectivity index (χ1v) is 14.8. The molecule has 0 bridgehead atoms. The zero-order chi connectivity index (χ0) is 24.3. The first-order chi connectivity index (χ1) is 16.2. The van der Waals surface area contributed by atoms with Gasteiger partial charge in [-0.05, 0) is 25.7 Å². The quantitative estimate of drug-likeness (QED) is 0.0839. The molecular weight excluding hydrogens is 412 g/mol. The van der Waals surface area contributed by atoms with Crippen molar-refractivity contribution in [1.29, 1.82) is 0 Å². The van der Waals surface area contributed by atoms with Crippen LogP contribution in [0.1, 0.15) is 156 Å². The van der Waals surface area contributed by atoms with E-state index in [1.165, 1.54) is 103 Å². The molecule has 0 aliphatic rings. The molecule has 0 aliphatic carbocycles. The van der Waals surface area contributed by atoms with Crippen molar-refractivity contribution in [2.75, 3.05) is 26.4 Å². The molecule has 0 aliphatic heterocycles. The third-order valence-electron chi connectivity index (χ3n) is 6.11. The predicted octanol–water partition coefficient (Wildman–Crippen LogP) is 9.55. The Labute approximate surface area is 207 Å². The molecule has 0 saturated carbocycles. The number of hydrogen-bond acceptors (Lipinski definition) is 4. The van der Waals surface area contributed by atoms with E-state index in [1.807, 2.05) is 0 Å². The predicted molar refractivity (Wildman–Crippen MR) is 142 cm³/mol. The van der Waals surface area contributed by atoms with E-state index < -0.39 is 6.16 Å². The van der Waals surface area contributed by atoms with Gasteiger partial charge in [0.1, 0.15) is 0 Å². The summed E-state index contributed by atoms with van der Waals surface area (Å²) in [4.78, 5) is 0. The van der Waals surface area contributed by atoms with Gasteiger partial charge in [-0.2, -0.15) is 0 Å². The topological polar surface area (TPSA) is 36.9 Å². The first kappa shape index (κ1) is 32.8. The fourth-order valence-electron chi connectivity index (χ4n) is 3.86. The summed E-state index contributed by atoms with van der Waals surface area (Å²) < 4.78 is 24.9. The fraction of sp³-hybridized carbons (Fsp3) is 1.00. The van der Waals surface area contributed by atoms with E-state index in [0.717, 1.165) is 25.7 Å². The van der Waals surface area contributed by atoms with Crippen LogP contribution in [0.4, 0.5) is 0 Å². The maximum absolute atomic E-state index is 6.23. The fourth-order valence-corrected chi connectivity index (χ4v) is 3.86. The average molecular weight is 473 g/mol. The van der Waals surface area contributed by atoms with Gasteiger partial charge >= 0.3 is 6.16 Å². The van der Waals surface area contributed by atoms with Crippen molar-refractivity contribution in [3.05, 3.63) is 0 Å². The number of ether oxygens (including phenoxy) is 4. The van der Waals surface area contributed by atoms with Crippen LogP contribution >= 0.6 is 0 Å². The molecule has 0 aromatic carbocycles. The second-order valence-corrected chi connectivity index (χ2v) is 9.55. The van der Waals surface area contributed by atoms with E-state index in [0.29, 0.717) is 26.4 Å². The maximum Gasteiger partial charge on any atom is 0.412 e. The molecule has 33 heavy (non-hydrogen) atoms. The summed E-state index contributed by atoms with van der Waals surface area (Å²) in [6, 6.07) is 0. The molecule has 4 heteroatoms. The normalized spacial score (nSPS) is 12.0. The first-order valence-electron chi connectivity index (χ1n) is 14.8. The average Bonchev–Trinajstić information content (AvgIpc) is 2.83. The number of hydrogen-bond donors (Lipinski definition) is 0. The Morgan fingerprint density at radius 2 is 0.515 bits per heavy atom. The van der Waals surface area contributed by atoms with Crippen LogP contribution in [0.25, 0.3) is 0 Å². The summed E-state index contributed by atoms with van der Waals surface area (Å²) in [5.74, 6) is 0. The molecule has 0 radical (unpaired) electrons. The Bertz CT molecular complexity index is 292. The second-order valence-electron chi connectivity index (χ2n) is 9.55. The highest BCUT2D eigenvalue weighted by atomic mass is 17.0. The molecule has 0 rings (SSSR count).